The van der Waals surface area contributed by atoms with Crippen molar-refractivity contribution in [2.45, 2.75) is 39.2 Å². The van der Waals surface area contributed by atoms with E-state index in [4.69, 9.17) is 0 Å². The van der Waals surface area contributed by atoms with Gasteiger partial charge in [-0.1, -0.05) is 6.92 Å². The molecule has 0 aliphatic carbocycles. The first-order chi connectivity index (χ1) is 8.68. The van der Waals surface area contributed by atoms with Crippen molar-refractivity contribution in [3.05, 3.63) is 12.2 Å². The lowest BCUT2D eigenvalue weighted by Crippen LogP contribution is -2.44. The third kappa shape index (κ3) is 2.53. The molecule has 0 bridgehead atoms. The highest BCUT2D eigenvalue weighted by Gasteiger charge is 2.40. The number of nitrogens with one attached hydrogen (secondary N) is 1. The van der Waals surface area contributed by atoms with Crippen molar-refractivity contribution in [2.24, 2.45) is 5.41 Å². The normalized spacial score (nSPS) is 18.7. The zero-order chi connectivity index (χ0) is 13.0. The topological polar surface area (TPSA) is 80.0 Å². The molecule has 18 heavy (non-hydrogen) atoms. The van der Waals surface area contributed by atoms with E-state index in [1.807, 2.05) is 4.68 Å². The molecule has 100 valence electrons. The summed E-state index contributed by atoms with van der Waals surface area (Å²) in [5.74, 6) is 0.0798. The Labute approximate surface area is 106 Å². The Hall–Kier alpha value is -1.43. The van der Waals surface area contributed by atoms with Crippen LogP contribution in [0.4, 0.5) is 0 Å². The molecular formula is C12H20N4O2. The van der Waals surface area contributed by atoms with E-state index in [0.29, 0.717) is 19.3 Å². The Balaban J connectivity index is 2.18. The third-order valence-corrected chi connectivity index (χ3v) is 3.64. The van der Waals surface area contributed by atoms with Crippen molar-refractivity contribution >= 4 is 5.97 Å². The number of carboxylic acids is 1. The van der Waals surface area contributed by atoms with E-state index in [2.05, 4.69) is 22.3 Å². The first kappa shape index (κ1) is 13.0. The monoisotopic (exact) mass is 252 g/mol. The summed E-state index contributed by atoms with van der Waals surface area (Å²) in [5, 5.41) is 16.9. The van der Waals surface area contributed by atoms with Gasteiger partial charge in [0.05, 0.1) is 5.41 Å². The van der Waals surface area contributed by atoms with Gasteiger partial charge in [0, 0.05) is 13.0 Å². The molecule has 0 aromatic carbocycles. The summed E-state index contributed by atoms with van der Waals surface area (Å²) in [7, 11) is 0. The van der Waals surface area contributed by atoms with Crippen LogP contribution in [0.3, 0.4) is 0 Å². The Bertz CT molecular complexity index is 410. The maximum atomic E-state index is 11.6. The molecule has 1 aromatic heterocycles. The highest BCUT2D eigenvalue weighted by Crippen LogP contribution is 2.32. The fourth-order valence-corrected chi connectivity index (χ4v) is 2.50. The lowest BCUT2D eigenvalue weighted by Gasteiger charge is -2.33. The number of carboxylic acid groups (broad SMARTS) is 1. The van der Waals surface area contributed by atoms with Crippen molar-refractivity contribution in [1.29, 1.82) is 0 Å². The van der Waals surface area contributed by atoms with Crippen molar-refractivity contribution in [3.63, 3.8) is 0 Å². The van der Waals surface area contributed by atoms with E-state index in [1.165, 1.54) is 6.33 Å². The fourth-order valence-electron chi connectivity index (χ4n) is 2.50. The average Bonchev–Trinajstić information content (AvgIpc) is 2.78. The van der Waals surface area contributed by atoms with Crippen LogP contribution in [-0.2, 0) is 17.8 Å². The predicted octanol–water partition coefficient (Wildman–Crippen LogP) is 0.685. The molecule has 2 N–H and O–H groups in total. The van der Waals surface area contributed by atoms with Gasteiger partial charge in [-0.15, -0.1) is 0 Å². The van der Waals surface area contributed by atoms with Gasteiger partial charge < -0.3 is 10.4 Å². The zero-order valence-corrected chi connectivity index (χ0v) is 10.7. The minimum Gasteiger partial charge on any atom is -0.481 e. The number of hydrogen-bond donors (Lipinski definition) is 2. The van der Waals surface area contributed by atoms with Gasteiger partial charge in [-0.2, -0.15) is 5.10 Å². The molecule has 6 heteroatoms. The van der Waals surface area contributed by atoms with Gasteiger partial charge >= 0.3 is 5.97 Å². The zero-order valence-electron chi connectivity index (χ0n) is 10.7. The minimum absolute atomic E-state index is 0.476. The molecule has 0 spiro atoms. The molecular weight excluding hydrogens is 232 g/mol. The molecule has 1 fully saturated rings. The number of nitrogens with zero attached hydrogens (tertiary/aromatic N) is 3. The SMILES string of the molecule is CCCn1ncnc1CC1(C(=O)O)CCNCC1. The van der Waals surface area contributed by atoms with Crippen LogP contribution in [0.15, 0.2) is 6.33 Å². The lowest BCUT2D eigenvalue weighted by molar-refractivity contribution is -0.150. The van der Waals surface area contributed by atoms with Crippen molar-refractivity contribution < 1.29 is 9.90 Å². The van der Waals surface area contributed by atoms with E-state index in [1.54, 1.807) is 0 Å². The van der Waals surface area contributed by atoms with Gasteiger partial charge in [-0.25, -0.2) is 4.98 Å². The molecule has 6 nitrogen and oxygen atoms in total. The minimum atomic E-state index is -0.713. The Morgan fingerprint density at radius 1 is 1.56 bits per heavy atom. The summed E-state index contributed by atoms with van der Waals surface area (Å²) < 4.78 is 1.83. The van der Waals surface area contributed by atoms with Crippen LogP contribution in [0.2, 0.25) is 0 Å². The first-order valence-corrected chi connectivity index (χ1v) is 6.49. The lowest BCUT2D eigenvalue weighted by atomic mass is 9.76. The van der Waals surface area contributed by atoms with E-state index in [9.17, 15) is 9.90 Å². The smallest absolute Gasteiger partial charge is 0.310 e. The molecule has 0 amide bonds. The molecule has 2 heterocycles. The predicted molar refractivity (Wildman–Crippen MR) is 66.2 cm³/mol. The highest BCUT2D eigenvalue weighted by molar-refractivity contribution is 5.75. The third-order valence-electron chi connectivity index (χ3n) is 3.64. The van der Waals surface area contributed by atoms with Gasteiger partial charge in [-0.3, -0.25) is 9.48 Å². The summed E-state index contributed by atoms with van der Waals surface area (Å²) in [6.45, 7) is 4.38. The fraction of sp³-hybridized carbons (Fsp3) is 0.750. The first-order valence-electron chi connectivity index (χ1n) is 6.49. The van der Waals surface area contributed by atoms with Crippen molar-refractivity contribution in [3.8, 4) is 0 Å². The van der Waals surface area contributed by atoms with Gasteiger partial charge in [0.15, 0.2) is 0 Å². The van der Waals surface area contributed by atoms with Gasteiger partial charge in [0.25, 0.3) is 0 Å². The largest absolute Gasteiger partial charge is 0.481 e. The van der Waals surface area contributed by atoms with E-state index < -0.39 is 11.4 Å². The summed E-state index contributed by atoms with van der Waals surface area (Å²) in [5.41, 5.74) is -0.677. The highest BCUT2D eigenvalue weighted by atomic mass is 16.4. The van der Waals surface area contributed by atoms with Crippen LogP contribution in [-0.4, -0.2) is 38.9 Å². The van der Waals surface area contributed by atoms with Crippen LogP contribution < -0.4 is 5.32 Å². The molecule has 0 saturated carbocycles. The number of carbonyl (C=O) groups is 1. The number of rotatable bonds is 5. The Kier molecular flexibility index (Phi) is 3.96. The van der Waals surface area contributed by atoms with Gasteiger partial charge in [0.1, 0.15) is 12.2 Å². The van der Waals surface area contributed by atoms with Crippen molar-refractivity contribution in [1.82, 2.24) is 20.1 Å². The maximum Gasteiger partial charge on any atom is 0.310 e. The molecule has 1 saturated heterocycles. The summed E-state index contributed by atoms with van der Waals surface area (Å²) in [6, 6.07) is 0. The van der Waals surface area contributed by atoms with Crippen LogP contribution in [0, 0.1) is 5.41 Å². The Morgan fingerprint density at radius 2 is 2.28 bits per heavy atom. The quantitative estimate of drug-likeness (QED) is 0.805. The molecule has 2 rings (SSSR count). The second kappa shape index (κ2) is 5.48. The second-order valence-electron chi connectivity index (χ2n) is 4.91. The number of aryl methyl sites for hydroxylation is 1. The van der Waals surface area contributed by atoms with Crippen LogP contribution in [0.1, 0.15) is 32.0 Å². The summed E-state index contributed by atoms with van der Waals surface area (Å²) >= 11 is 0. The van der Waals surface area contributed by atoms with Gasteiger partial charge in [-0.05, 0) is 32.4 Å². The Morgan fingerprint density at radius 3 is 2.89 bits per heavy atom. The number of piperidine rings is 1. The number of hydrogen-bond acceptors (Lipinski definition) is 4. The summed E-state index contributed by atoms with van der Waals surface area (Å²) in [6.07, 6.45) is 4.27. The van der Waals surface area contributed by atoms with Crippen molar-refractivity contribution in [2.75, 3.05) is 13.1 Å². The molecule has 1 aromatic rings. The van der Waals surface area contributed by atoms with Crippen LogP contribution >= 0.6 is 0 Å². The number of aliphatic carboxylic acids is 1. The average molecular weight is 252 g/mol. The maximum absolute atomic E-state index is 11.6. The molecule has 1 aliphatic rings. The molecule has 0 radical (unpaired) electrons. The van der Waals surface area contributed by atoms with Gasteiger partial charge in [0.2, 0.25) is 0 Å². The van der Waals surface area contributed by atoms with E-state index in [-0.39, 0.29) is 0 Å². The number of aromatic nitrogens is 3. The molecule has 1 aliphatic heterocycles. The summed E-state index contributed by atoms with van der Waals surface area (Å²) in [4.78, 5) is 15.8. The van der Waals surface area contributed by atoms with Crippen LogP contribution in [0.25, 0.3) is 0 Å². The van der Waals surface area contributed by atoms with E-state index in [0.717, 1.165) is 31.9 Å². The standard InChI is InChI=1S/C12H20N4O2/c1-2-7-16-10(14-9-15-16)8-12(11(17)18)3-5-13-6-4-12/h9,13H,2-8H2,1H3,(H,17,18). The second-order valence-corrected chi connectivity index (χ2v) is 4.91. The van der Waals surface area contributed by atoms with Crippen LogP contribution in [0.5, 0.6) is 0 Å². The van der Waals surface area contributed by atoms with E-state index >= 15 is 0 Å². The molecule has 0 atom stereocenters. The molecule has 0 unspecified atom stereocenters.